The first-order valence-corrected chi connectivity index (χ1v) is 19.2. The second-order valence-electron chi connectivity index (χ2n) is 14.7. The van der Waals surface area contributed by atoms with Crippen LogP contribution in [0.1, 0.15) is 51.0 Å². The number of aliphatic hydroxyl groups is 1. The molecule has 12 heteroatoms. The van der Waals surface area contributed by atoms with Crippen molar-refractivity contribution in [1.82, 2.24) is 9.29 Å². The van der Waals surface area contributed by atoms with Crippen molar-refractivity contribution < 1.29 is 32.5 Å². The highest BCUT2D eigenvalue weighted by molar-refractivity contribution is 7.89. The van der Waals surface area contributed by atoms with E-state index in [4.69, 9.17) is 14.2 Å². The first-order valence-electron chi connectivity index (χ1n) is 17.0. The molecule has 2 aliphatic heterocycles. The first kappa shape index (κ1) is 31.6. The largest absolute Gasteiger partial charge is 0.462 e. The Bertz CT molecular complexity index is 1730. The number of carbonyl (C=O) groups is 1. The van der Waals surface area contributed by atoms with Crippen LogP contribution in [0.15, 0.2) is 53.4 Å². The lowest BCUT2D eigenvalue weighted by atomic mass is 9.90. The summed E-state index contributed by atoms with van der Waals surface area (Å²) in [7, 11) is -3.96. The molecule has 0 radical (unpaired) electrons. The number of fused-ring (bicyclic) bond motifs is 2. The zero-order chi connectivity index (χ0) is 32.3. The summed E-state index contributed by atoms with van der Waals surface area (Å²) < 4.78 is 48.6. The number of hydrogen-bond acceptors (Lipinski definition) is 10. The molecule has 47 heavy (non-hydrogen) atoms. The van der Waals surface area contributed by atoms with Crippen molar-refractivity contribution >= 4 is 42.7 Å². The molecule has 1 aromatic heterocycles. The third-order valence-electron chi connectivity index (χ3n) is 10.8. The van der Waals surface area contributed by atoms with E-state index in [9.17, 15) is 18.3 Å². The van der Waals surface area contributed by atoms with Gasteiger partial charge in [-0.15, -0.1) is 0 Å². The third-order valence-corrected chi connectivity index (χ3v) is 13.6. The van der Waals surface area contributed by atoms with Crippen molar-refractivity contribution in [2.45, 2.75) is 81.3 Å². The van der Waals surface area contributed by atoms with Crippen molar-refractivity contribution in [2.75, 3.05) is 31.6 Å². The summed E-state index contributed by atoms with van der Waals surface area (Å²) in [5.74, 6) is -0.377. The predicted molar refractivity (Wildman–Crippen MR) is 177 cm³/mol. The van der Waals surface area contributed by atoms with Crippen molar-refractivity contribution in [1.29, 1.82) is 0 Å². The lowest BCUT2D eigenvalue weighted by Gasteiger charge is -2.31. The van der Waals surface area contributed by atoms with E-state index in [1.54, 1.807) is 18.2 Å². The van der Waals surface area contributed by atoms with E-state index in [-0.39, 0.29) is 59.4 Å². The zero-order valence-electron chi connectivity index (χ0n) is 26.6. The monoisotopic (exact) mass is 681 g/mol. The highest BCUT2D eigenvalue weighted by Crippen LogP contribution is 2.50. The molecule has 2 aromatic carbocycles. The van der Waals surface area contributed by atoms with Gasteiger partial charge in [-0.3, -0.25) is 4.79 Å². The number of aromatic nitrogens is 1. The quantitative estimate of drug-likeness (QED) is 0.230. The molecule has 3 aliphatic carbocycles. The average molecular weight is 682 g/mol. The van der Waals surface area contributed by atoms with Gasteiger partial charge in [0.25, 0.3) is 0 Å². The van der Waals surface area contributed by atoms with Crippen LogP contribution >= 0.6 is 11.3 Å². The number of nitrogens with zero attached hydrogens (tertiary/aromatic N) is 2. The van der Waals surface area contributed by atoms with Crippen LogP contribution in [0.2, 0.25) is 0 Å². The molecular weight excluding hydrogens is 639 g/mol. The van der Waals surface area contributed by atoms with Gasteiger partial charge in [0.1, 0.15) is 6.10 Å². The third kappa shape index (κ3) is 6.69. The number of sulfonamides is 1. The first-order chi connectivity index (χ1) is 22.6. The molecule has 0 spiro atoms. The number of rotatable bonds is 14. The normalized spacial score (nSPS) is 28.8. The number of hydrogen-bond donors (Lipinski definition) is 2. The number of nitrogens with one attached hydrogen (secondary N) is 1. The van der Waals surface area contributed by atoms with Crippen LogP contribution < -0.4 is 5.32 Å². The summed E-state index contributed by atoms with van der Waals surface area (Å²) in [5.41, 5.74) is 1.59. The number of aliphatic hydroxyl groups excluding tert-OH is 1. The molecular formula is C35H43N3O7S2. The highest BCUT2D eigenvalue weighted by Gasteiger charge is 2.56. The van der Waals surface area contributed by atoms with Gasteiger partial charge in [0.05, 0.1) is 40.9 Å². The lowest BCUT2D eigenvalue weighted by molar-refractivity contribution is -0.178. The second kappa shape index (κ2) is 12.4. The van der Waals surface area contributed by atoms with Crippen LogP contribution in [0.25, 0.3) is 10.2 Å². The molecule has 0 amide bonds. The molecule has 2 saturated heterocycles. The maximum absolute atomic E-state index is 14.3. The minimum absolute atomic E-state index is 0.0173. The van der Waals surface area contributed by atoms with Gasteiger partial charge in [0.15, 0.2) is 11.4 Å². The zero-order valence-corrected chi connectivity index (χ0v) is 28.3. The van der Waals surface area contributed by atoms with Crippen molar-refractivity contribution in [3.63, 3.8) is 0 Å². The molecule has 8 rings (SSSR count). The van der Waals surface area contributed by atoms with E-state index in [0.717, 1.165) is 53.0 Å². The molecule has 2 bridgehead atoms. The van der Waals surface area contributed by atoms with Gasteiger partial charge in [0, 0.05) is 42.8 Å². The SMILES string of the molecule is CC1(CN(C[C@@H](O)[C@@H](CC(=O)OC2C3COC4OCC2C4C3)Cc2ccccc2)S(=O)(=O)c2ccc3nc(NC4CC4)sc3c2)CC1. The summed E-state index contributed by atoms with van der Waals surface area (Å²) in [6.07, 6.45) is 3.89. The average Bonchev–Trinajstić information content (AvgIpc) is 3.89. The summed E-state index contributed by atoms with van der Waals surface area (Å²) >= 11 is 1.46. The van der Waals surface area contributed by atoms with Gasteiger partial charge in [0.2, 0.25) is 10.0 Å². The Balaban J connectivity index is 1.02. The number of ether oxygens (including phenoxy) is 3. The van der Waals surface area contributed by atoms with Crippen LogP contribution in [-0.4, -0.2) is 79.6 Å². The summed E-state index contributed by atoms with van der Waals surface area (Å²) in [5, 5.41) is 16.0. The predicted octanol–water partition coefficient (Wildman–Crippen LogP) is 4.82. The lowest BCUT2D eigenvalue weighted by Crippen LogP contribution is -2.44. The maximum Gasteiger partial charge on any atom is 0.306 e. The van der Waals surface area contributed by atoms with Crippen LogP contribution in [-0.2, 0) is 35.4 Å². The van der Waals surface area contributed by atoms with E-state index in [1.165, 1.54) is 15.6 Å². The van der Waals surface area contributed by atoms with Gasteiger partial charge < -0.3 is 24.6 Å². The van der Waals surface area contributed by atoms with Gasteiger partial charge in [-0.2, -0.15) is 4.31 Å². The molecule has 3 aromatic rings. The van der Waals surface area contributed by atoms with Gasteiger partial charge in [-0.05, 0) is 67.7 Å². The Morgan fingerprint density at radius 3 is 2.70 bits per heavy atom. The number of esters is 1. The fraction of sp³-hybridized carbons (Fsp3) is 0.600. The highest BCUT2D eigenvalue weighted by atomic mass is 32.2. The van der Waals surface area contributed by atoms with E-state index in [2.05, 4.69) is 17.2 Å². The molecule has 3 heterocycles. The summed E-state index contributed by atoms with van der Waals surface area (Å²) in [6.45, 7) is 3.32. The van der Waals surface area contributed by atoms with Crippen LogP contribution in [0.5, 0.6) is 0 Å². The second-order valence-corrected chi connectivity index (χ2v) is 17.7. The fourth-order valence-electron chi connectivity index (χ4n) is 7.61. The molecule has 5 unspecified atom stereocenters. The van der Waals surface area contributed by atoms with Gasteiger partial charge >= 0.3 is 5.97 Å². The molecule has 252 valence electrons. The summed E-state index contributed by atoms with van der Waals surface area (Å²) in [4.78, 5) is 18.4. The summed E-state index contributed by atoms with van der Waals surface area (Å²) in [6, 6.07) is 15.2. The van der Waals surface area contributed by atoms with Crippen LogP contribution in [0, 0.1) is 29.1 Å². The Kier molecular flexibility index (Phi) is 8.33. The fourth-order valence-corrected chi connectivity index (χ4v) is 10.3. The number of carbonyl (C=O) groups excluding carboxylic acids is 1. The molecule has 10 nitrogen and oxygen atoms in total. The smallest absolute Gasteiger partial charge is 0.306 e. The standard InChI is InChI=1S/C35H43N3O7S2/c1-35(11-12-35)20-38(47(41,42)25-9-10-28-30(16-25)46-34(37-28)36-24-7-8-24)17-29(39)22(13-21-5-3-2-4-6-21)15-31(40)45-32-23-14-26-27(32)19-44-33(26)43-18-23/h2-6,9-10,16,22-24,26-27,29,32-33,39H,7-8,11-15,17-20H2,1H3,(H,36,37)/t22-,23?,26?,27?,29-,32?,33?/m1/s1. The van der Waals surface area contributed by atoms with E-state index >= 15 is 0 Å². The Labute approximate surface area is 279 Å². The molecule has 5 aliphatic rings. The van der Waals surface area contributed by atoms with E-state index in [0.29, 0.717) is 32.2 Å². The van der Waals surface area contributed by atoms with Crippen LogP contribution in [0.4, 0.5) is 5.13 Å². The number of thiazole rings is 1. The molecule has 2 N–H and O–H groups in total. The van der Waals surface area contributed by atoms with Crippen molar-refractivity contribution in [2.24, 2.45) is 29.1 Å². The topological polar surface area (TPSA) is 127 Å². The number of anilines is 1. The van der Waals surface area contributed by atoms with Crippen molar-refractivity contribution in [3.8, 4) is 0 Å². The van der Waals surface area contributed by atoms with E-state index in [1.807, 2.05) is 30.3 Å². The number of benzene rings is 2. The Morgan fingerprint density at radius 1 is 1.15 bits per heavy atom. The van der Waals surface area contributed by atoms with Crippen molar-refractivity contribution in [3.05, 3.63) is 54.1 Å². The van der Waals surface area contributed by atoms with Gasteiger partial charge in [-0.25, -0.2) is 13.4 Å². The van der Waals surface area contributed by atoms with E-state index < -0.39 is 22.0 Å². The molecule has 3 saturated carbocycles. The minimum atomic E-state index is -3.96. The minimum Gasteiger partial charge on any atom is -0.462 e. The maximum atomic E-state index is 14.3. The molecule has 7 atom stereocenters. The van der Waals surface area contributed by atoms with Gasteiger partial charge in [-0.1, -0.05) is 48.6 Å². The van der Waals surface area contributed by atoms with Crippen LogP contribution in [0.3, 0.4) is 0 Å². The Hall–Kier alpha value is -2.61. The Morgan fingerprint density at radius 2 is 1.94 bits per heavy atom. The molecule has 5 fully saturated rings.